The topological polar surface area (TPSA) is 85.2 Å². The summed E-state index contributed by atoms with van der Waals surface area (Å²) in [6, 6.07) is 3.62. The molecule has 0 spiro atoms. The Morgan fingerprint density at radius 1 is 1.27 bits per heavy atom. The molecule has 1 aromatic carbocycles. The first-order valence-electron chi connectivity index (χ1n) is 10.1. The van der Waals surface area contributed by atoms with Gasteiger partial charge in [0, 0.05) is 37.2 Å². The van der Waals surface area contributed by atoms with E-state index >= 15 is 0 Å². The minimum atomic E-state index is -0.862. The van der Waals surface area contributed by atoms with E-state index in [0.717, 1.165) is 17.3 Å². The summed E-state index contributed by atoms with van der Waals surface area (Å²) in [5, 5.41) is 8.10. The van der Waals surface area contributed by atoms with Gasteiger partial charge in [-0.3, -0.25) is 9.48 Å². The molecule has 1 fully saturated rings. The quantitative estimate of drug-likeness (QED) is 0.669. The summed E-state index contributed by atoms with van der Waals surface area (Å²) in [5.74, 6) is 0.735. The van der Waals surface area contributed by atoms with Crippen LogP contribution >= 0.6 is 0 Å². The molecule has 8 nitrogen and oxygen atoms in total. The van der Waals surface area contributed by atoms with Crippen molar-refractivity contribution in [3.63, 3.8) is 0 Å². The van der Waals surface area contributed by atoms with E-state index in [1.54, 1.807) is 10.7 Å². The number of carbonyl (C=O) groups excluding carboxylic acids is 1. The number of amides is 1. The molecule has 30 heavy (non-hydrogen) atoms. The van der Waals surface area contributed by atoms with Gasteiger partial charge < -0.3 is 15.0 Å². The van der Waals surface area contributed by atoms with Crippen LogP contribution in [0, 0.1) is 5.92 Å². The maximum atomic E-state index is 14.0. The van der Waals surface area contributed by atoms with Gasteiger partial charge in [0.1, 0.15) is 23.4 Å². The molecule has 0 aliphatic carbocycles. The Balaban J connectivity index is 1.52. The Bertz CT molecular complexity index is 1050. The van der Waals surface area contributed by atoms with Crippen molar-refractivity contribution in [2.75, 3.05) is 29.9 Å². The lowest BCUT2D eigenvalue weighted by Crippen LogP contribution is -2.22. The standard InChI is InChI=1S/C21H25FN6O2/c1-4-13-11-28(12-15(13)22)20-9-23-18(8-24-20)21(29)25-17-6-14-10-27(3)26-16(14)7-19(17)30-5-2/h6-10,13,15H,4-5,11-12H2,1-3H3,(H,25,29)/t13-,15+/m1/s1. The third-order valence-corrected chi connectivity index (χ3v) is 5.35. The van der Waals surface area contributed by atoms with Gasteiger partial charge in [-0.05, 0) is 19.4 Å². The molecule has 0 bridgehead atoms. The molecular formula is C21H25FN6O2. The smallest absolute Gasteiger partial charge is 0.275 e. The molecule has 1 aliphatic heterocycles. The molecule has 1 saturated heterocycles. The highest BCUT2D eigenvalue weighted by molar-refractivity contribution is 6.04. The molecule has 9 heteroatoms. The Labute approximate surface area is 174 Å². The van der Waals surface area contributed by atoms with E-state index in [9.17, 15) is 9.18 Å². The summed E-state index contributed by atoms with van der Waals surface area (Å²) < 4.78 is 21.4. The number of benzene rings is 1. The number of nitrogens with one attached hydrogen (secondary N) is 1. The van der Waals surface area contributed by atoms with Crippen LogP contribution in [-0.4, -0.2) is 51.5 Å². The number of hydrogen-bond donors (Lipinski definition) is 1. The van der Waals surface area contributed by atoms with Crippen molar-refractivity contribution in [3.05, 3.63) is 36.4 Å². The molecule has 1 aliphatic rings. The third-order valence-electron chi connectivity index (χ3n) is 5.35. The van der Waals surface area contributed by atoms with Crippen LogP contribution in [0.15, 0.2) is 30.7 Å². The lowest BCUT2D eigenvalue weighted by molar-refractivity contribution is 0.102. The normalized spacial score (nSPS) is 18.7. The molecule has 3 heterocycles. The van der Waals surface area contributed by atoms with Gasteiger partial charge in [0.25, 0.3) is 5.91 Å². The number of carbonyl (C=O) groups is 1. The van der Waals surface area contributed by atoms with Gasteiger partial charge in [-0.15, -0.1) is 0 Å². The fourth-order valence-electron chi connectivity index (χ4n) is 3.74. The van der Waals surface area contributed by atoms with Gasteiger partial charge in [0.05, 0.1) is 36.7 Å². The third kappa shape index (κ3) is 3.92. The highest BCUT2D eigenvalue weighted by Crippen LogP contribution is 2.30. The number of halogens is 1. The predicted octanol–water partition coefficient (Wildman–Crippen LogP) is 3.20. The van der Waals surface area contributed by atoms with Gasteiger partial charge in [0.2, 0.25) is 0 Å². The number of aromatic nitrogens is 4. The van der Waals surface area contributed by atoms with Crippen molar-refractivity contribution in [2.24, 2.45) is 13.0 Å². The molecule has 1 N–H and O–H groups in total. The summed E-state index contributed by atoms with van der Waals surface area (Å²) in [4.78, 5) is 23.2. The second kappa shape index (κ2) is 8.25. The van der Waals surface area contributed by atoms with E-state index in [2.05, 4.69) is 20.4 Å². The van der Waals surface area contributed by atoms with Crippen LogP contribution in [0.2, 0.25) is 0 Å². The number of ether oxygens (including phenoxy) is 1. The van der Waals surface area contributed by atoms with Crippen LogP contribution < -0.4 is 15.0 Å². The van der Waals surface area contributed by atoms with Gasteiger partial charge in [-0.25, -0.2) is 14.4 Å². The summed E-state index contributed by atoms with van der Waals surface area (Å²) in [5.41, 5.74) is 1.50. The molecule has 2 atom stereocenters. The minimum Gasteiger partial charge on any atom is -0.492 e. The van der Waals surface area contributed by atoms with Crippen LogP contribution in [0.3, 0.4) is 0 Å². The zero-order valence-electron chi connectivity index (χ0n) is 17.3. The van der Waals surface area contributed by atoms with Crippen LogP contribution in [0.4, 0.5) is 15.9 Å². The maximum absolute atomic E-state index is 14.0. The summed E-state index contributed by atoms with van der Waals surface area (Å²) >= 11 is 0. The Morgan fingerprint density at radius 3 is 2.77 bits per heavy atom. The highest BCUT2D eigenvalue weighted by Gasteiger charge is 2.32. The van der Waals surface area contributed by atoms with E-state index in [0.29, 0.717) is 37.0 Å². The lowest BCUT2D eigenvalue weighted by atomic mass is 10.1. The van der Waals surface area contributed by atoms with E-state index in [4.69, 9.17) is 4.74 Å². The first kappa shape index (κ1) is 20.1. The highest BCUT2D eigenvalue weighted by atomic mass is 19.1. The zero-order valence-corrected chi connectivity index (χ0v) is 17.3. The van der Waals surface area contributed by atoms with Crippen LogP contribution in [0.1, 0.15) is 30.8 Å². The predicted molar refractivity (Wildman–Crippen MR) is 113 cm³/mol. The average Bonchev–Trinajstić information content (AvgIpc) is 3.29. The van der Waals surface area contributed by atoms with Crippen molar-refractivity contribution in [3.8, 4) is 5.75 Å². The number of nitrogens with zero attached hydrogens (tertiary/aromatic N) is 5. The minimum absolute atomic E-state index is 0.00848. The fourth-order valence-corrected chi connectivity index (χ4v) is 3.74. The molecule has 158 valence electrons. The van der Waals surface area contributed by atoms with E-state index in [-0.39, 0.29) is 11.6 Å². The summed E-state index contributed by atoms with van der Waals surface area (Å²) in [6.07, 6.45) is 4.73. The molecule has 1 amide bonds. The number of rotatable bonds is 6. The van der Waals surface area contributed by atoms with E-state index in [1.165, 1.54) is 12.4 Å². The number of anilines is 2. The van der Waals surface area contributed by atoms with E-state index in [1.807, 2.05) is 38.1 Å². The number of fused-ring (bicyclic) bond motifs is 1. The van der Waals surface area contributed by atoms with Crippen molar-refractivity contribution < 1.29 is 13.9 Å². The fraction of sp³-hybridized carbons (Fsp3) is 0.429. The van der Waals surface area contributed by atoms with Crippen LogP contribution in [0.5, 0.6) is 5.75 Å². The second-order valence-electron chi connectivity index (χ2n) is 7.45. The van der Waals surface area contributed by atoms with Crippen LogP contribution in [-0.2, 0) is 7.05 Å². The Kier molecular flexibility index (Phi) is 5.52. The lowest BCUT2D eigenvalue weighted by Gasteiger charge is -2.16. The molecular weight excluding hydrogens is 387 g/mol. The molecule has 0 unspecified atom stereocenters. The molecule has 4 rings (SSSR count). The summed E-state index contributed by atoms with van der Waals surface area (Å²) in [6.45, 7) is 5.24. The van der Waals surface area contributed by atoms with Crippen molar-refractivity contribution in [2.45, 2.75) is 26.4 Å². The maximum Gasteiger partial charge on any atom is 0.275 e. The first-order chi connectivity index (χ1) is 14.5. The Morgan fingerprint density at radius 2 is 2.10 bits per heavy atom. The number of hydrogen-bond acceptors (Lipinski definition) is 6. The monoisotopic (exact) mass is 412 g/mol. The van der Waals surface area contributed by atoms with E-state index < -0.39 is 12.1 Å². The van der Waals surface area contributed by atoms with Crippen molar-refractivity contribution in [1.82, 2.24) is 19.7 Å². The SMILES string of the molecule is CCOc1cc2nn(C)cc2cc1NC(=O)c1cnc(N2C[C@@H](CC)[C@@H](F)C2)cn1. The summed E-state index contributed by atoms with van der Waals surface area (Å²) in [7, 11) is 1.84. The van der Waals surface area contributed by atoms with Gasteiger partial charge in [-0.2, -0.15) is 5.10 Å². The largest absolute Gasteiger partial charge is 0.492 e. The first-order valence-corrected chi connectivity index (χ1v) is 10.1. The zero-order chi connectivity index (χ0) is 21.3. The molecule has 3 aromatic rings. The van der Waals surface area contributed by atoms with Crippen LogP contribution in [0.25, 0.3) is 10.9 Å². The van der Waals surface area contributed by atoms with Gasteiger partial charge >= 0.3 is 0 Å². The molecule has 2 aromatic heterocycles. The molecule has 0 radical (unpaired) electrons. The van der Waals surface area contributed by atoms with Gasteiger partial charge in [-0.1, -0.05) is 6.92 Å². The number of aryl methyl sites for hydroxylation is 1. The van der Waals surface area contributed by atoms with Gasteiger partial charge in [0.15, 0.2) is 0 Å². The molecule has 0 saturated carbocycles. The number of alkyl halides is 1. The Hall–Kier alpha value is -3.23. The van der Waals surface area contributed by atoms with Crippen molar-refractivity contribution in [1.29, 1.82) is 0 Å². The van der Waals surface area contributed by atoms with Crippen molar-refractivity contribution >= 4 is 28.3 Å². The average molecular weight is 412 g/mol. The second-order valence-corrected chi connectivity index (χ2v) is 7.45.